The SMILES string of the molecule is CNC(=O)c1cc(N2CCN(C(C)(C)C#N)CC2)ccn1. The van der Waals surface area contributed by atoms with Crippen LogP contribution in [0.1, 0.15) is 24.3 Å². The van der Waals surface area contributed by atoms with Gasteiger partial charge in [0.25, 0.3) is 5.91 Å². The van der Waals surface area contributed by atoms with Crippen molar-refractivity contribution in [2.24, 2.45) is 0 Å². The Kier molecular flexibility index (Phi) is 4.43. The standard InChI is InChI=1S/C15H21N5O/c1-15(2,11-16)20-8-6-19(7-9-20)12-4-5-18-13(10-12)14(21)17-3/h4-5,10H,6-9H2,1-3H3,(H,17,21). The molecular formula is C15H21N5O. The fourth-order valence-electron chi connectivity index (χ4n) is 2.46. The van der Waals surface area contributed by atoms with E-state index in [0.717, 1.165) is 31.9 Å². The summed E-state index contributed by atoms with van der Waals surface area (Å²) in [6.07, 6.45) is 1.66. The van der Waals surface area contributed by atoms with Crippen molar-refractivity contribution in [3.05, 3.63) is 24.0 Å². The second kappa shape index (κ2) is 6.10. The lowest BCUT2D eigenvalue weighted by Gasteiger charge is -2.41. The molecule has 21 heavy (non-hydrogen) atoms. The van der Waals surface area contributed by atoms with Crippen molar-refractivity contribution in [2.45, 2.75) is 19.4 Å². The Morgan fingerprint density at radius 3 is 2.62 bits per heavy atom. The molecule has 1 aromatic heterocycles. The first-order chi connectivity index (χ1) is 9.97. The third kappa shape index (κ3) is 3.31. The molecule has 0 bridgehead atoms. The number of nitrogens with zero attached hydrogens (tertiary/aromatic N) is 4. The third-order valence-electron chi connectivity index (χ3n) is 3.91. The summed E-state index contributed by atoms with van der Waals surface area (Å²) < 4.78 is 0. The topological polar surface area (TPSA) is 72.3 Å². The predicted octanol–water partition coefficient (Wildman–Crippen LogP) is 0.865. The Balaban J connectivity index is 2.06. The van der Waals surface area contributed by atoms with Crippen LogP contribution >= 0.6 is 0 Å². The smallest absolute Gasteiger partial charge is 0.269 e. The van der Waals surface area contributed by atoms with Gasteiger partial charge in [0.1, 0.15) is 11.2 Å². The summed E-state index contributed by atoms with van der Waals surface area (Å²) >= 11 is 0. The largest absolute Gasteiger partial charge is 0.369 e. The molecule has 0 unspecified atom stereocenters. The molecule has 1 saturated heterocycles. The molecular weight excluding hydrogens is 266 g/mol. The molecule has 2 heterocycles. The lowest BCUT2D eigenvalue weighted by Crippen LogP contribution is -2.54. The van der Waals surface area contributed by atoms with Gasteiger partial charge < -0.3 is 10.2 Å². The number of piperazine rings is 1. The van der Waals surface area contributed by atoms with Crippen LogP contribution in [-0.4, -0.2) is 54.6 Å². The maximum atomic E-state index is 11.6. The van der Waals surface area contributed by atoms with Crippen LogP contribution in [0, 0.1) is 11.3 Å². The van der Waals surface area contributed by atoms with Crippen LogP contribution in [0.15, 0.2) is 18.3 Å². The first kappa shape index (κ1) is 15.3. The van der Waals surface area contributed by atoms with Crippen molar-refractivity contribution < 1.29 is 4.79 Å². The number of hydrogen-bond donors (Lipinski definition) is 1. The van der Waals surface area contributed by atoms with Crippen LogP contribution in [0.25, 0.3) is 0 Å². The molecule has 6 heteroatoms. The number of anilines is 1. The summed E-state index contributed by atoms with van der Waals surface area (Å²) in [6, 6.07) is 6.07. The molecule has 0 spiro atoms. The molecule has 0 atom stereocenters. The molecule has 1 fully saturated rings. The fraction of sp³-hybridized carbons (Fsp3) is 0.533. The van der Waals surface area contributed by atoms with Gasteiger partial charge in [-0.2, -0.15) is 5.26 Å². The lowest BCUT2D eigenvalue weighted by molar-refractivity contribution is 0.0958. The van der Waals surface area contributed by atoms with Crippen LogP contribution < -0.4 is 10.2 Å². The first-order valence-electron chi connectivity index (χ1n) is 7.07. The van der Waals surface area contributed by atoms with Crippen molar-refractivity contribution in [3.8, 4) is 6.07 Å². The average Bonchev–Trinajstić information content (AvgIpc) is 2.54. The van der Waals surface area contributed by atoms with Gasteiger partial charge in [0.2, 0.25) is 0 Å². The normalized spacial score (nSPS) is 16.4. The molecule has 0 radical (unpaired) electrons. The zero-order valence-electron chi connectivity index (χ0n) is 12.8. The summed E-state index contributed by atoms with van der Waals surface area (Å²) in [6.45, 7) is 7.22. The van der Waals surface area contributed by atoms with Gasteiger partial charge in [-0.3, -0.25) is 14.7 Å². The van der Waals surface area contributed by atoms with Gasteiger partial charge in [-0.25, -0.2) is 0 Å². The minimum absolute atomic E-state index is 0.180. The predicted molar refractivity (Wildman–Crippen MR) is 81.1 cm³/mol. The molecule has 1 aliphatic rings. The van der Waals surface area contributed by atoms with Gasteiger partial charge >= 0.3 is 0 Å². The zero-order chi connectivity index (χ0) is 15.5. The number of pyridine rings is 1. The highest BCUT2D eigenvalue weighted by atomic mass is 16.1. The number of amides is 1. The van der Waals surface area contributed by atoms with E-state index >= 15 is 0 Å². The molecule has 0 aromatic carbocycles. The van der Waals surface area contributed by atoms with Crippen molar-refractivity contribution in [1.82, 2.24) is 15.2 Å². The van der Waals surface area contributed by atoms with Gasteiger partial charge in [-0.05, 0) is 26.0 Å². The van der Waals surface area contributed by atoms with Gasteiger partial charge in [0.05, 0.1) is 6.07 Å². The first-order valence-corrected chi connectivity index (χ1v) is 7.07. The van der Waals surface area contributed by atoms with E-state index < -0.39 is 5.54 Å². The fourth-order valence-corrected chi connectivity index (χ4v) is 2.46. The summed E-state index contributed by atoms with van der Waals surface area (Å²) in [7, 11) is 1.60. The number of carbonyl (C=O) groups excluding carboxylic acids is 1. The average molecular weight is 287 g/mol. The maximum Gasteiger partial charge on any atom is 0.269 e. The highest BCUT2D eigenvalue weighted by Gasteiger charge is 2.29. The van der Waals surface area contributed by atoms with E-state index in [2.05, 4.69) is 26.2 Å². The van der Waals surface area contributed by atoms with E-state index in [1.54, 1.807) is 13.2 Å². The van der Waals surface area contributed by atoms with Crippen molar-refractivity contribution in [2.75, 3.05) is 38.1 Å². The van der Waals surface area contributed by atoms with Crippen LogP contribution in [-0.2, 0) is 0 Å². The number of carbonyl (C=O) groups is 1. The van der Waals surface area contributed by atoms with E-state index in [4.69, 9.17) is 0 Å². The number of rotatable bonds is 3. The van der Waals surface area contributed by atoms with Crippen LogP contribution in [0.5, 0.6) is 0 Å². The molecule has 1 aliphatic heterocycles. The maximum absolute atomic E-state index is 11.6. The Morgan fingerprint density at radius 2 is 2.05 bits per heavy atom. The van der Waals surface area contributed by atoms with Crippen LogP contribution in [0.4, 0.5) is 5.69 Å². The molecule has 1 amide bonds. The second-order valence-corrected chi connectivity index (χ2v) is 5.62. The number of nitrogens with one attached hydrogen (secondary N) is 1. The Labute approximate surface area is 125 Å². The summed E-state index contributed by atoms with van der Waals surface area (Å²) in [5.41, 5.74) is 0.991. The number of nitriles is 1. The van der Waals surface area contributed by atoms with E-state index in [1.807, 2.05) is 26.0 Å². The molecule has 0 saturated carbocycles. The molecule has 112 valence electrons. The monoisotopic (exact) mass is 287 g/mol. The quantitative estimate of drug-likeness (QED) is 0.893. The minimum Gasteiger partial charge on any atom is -0.369 e. The molecule has 6 nitrogen and oxygen atoms in total. The lowest BCUT2D eigenvalue weighted by atomic mass is 10.0. The Hall–Kier alpha value is -2.13. The van der Waals surface area contributed by atoms with E-state index in [9.17, 15) is 10.1 Å². The van der Waals surface area contributed by atoms with Gasteiger partial charge in [-0.1, -0.05) is 0 Å². The van der Waals surface area contributed by atoms with E-state index in [-0.39, 0.29) is 5.91 Å². The molecule has 0 aliphatic carbocycles. The van der Waals surface area contributed by atoms with Crippen molar-refractivity contribution >= 4 is 11.6 Å². The highest BCUT2D eigenvalue weighted by molar-refractivity contribution is 5.92. The Bertz CT molecular complexity index is 555. The third-order valence-corrected chi connectivity index (χ3v) is 3.91. The number of aromatic nitrogens is 1. The van der Waals surface area contributed by atoms with Crippen molar-refractivity contribution in [1.29, 1.82) is 5.26 Å². The van der Waals surface area contributed by atoms with Gasteiger partial charge in [0.15, 0.2) is 0 Å². The summed E-state index contributed by atoms with van der Waals surface area (Å²) in [5, 5.41) is 11.8. The summed E-state index contributed by atoms with van der Waals surface area (Å²) in [4.78, 5) is 20.1. The van der Waals surface area contributed by atoms with E-state index in [1.165, 1.54) is 0 Å². The molecule has 1 N–H and O–H groups in total. The van der Waals surface area contributed by atoms with Gasteiger partial charge in [-0.15, -0.1) is 0 Å². The second-order valence-electron chi connectivity index (χ2n) is 5.62. The Morgan fingerprint density at radius 1 is 1.38 bits per heavy atom. The zero-order valence-corrected chi connectivity index (χ0v) is 12.8. The van der Waals surface area contributed by atoms with Gasteiger partial charge in [0, 0.05) is 45.1 Å². The molecule has 1 aromatic rings. The van der Waals surface area contributed by atoms with E-state index in [0.29, 0.717) is 5.69 Å². The van der Waals surface area contributed by atoms with Crippen LogP contribution in [0.2, 0.25) is 0 Å². The van der Waals surface area contributed by atoms with Crippen molar-refractivity contribution in [3.63, 3.8) is 0 Å². The number of hydrogen-bond acceptors (Lipinski definition) is 5. The molecule has 2 rings (SSSR count). The summed E-state index contributed by atoms with van der Waals surface area (Å²) in [5.74, 6) is -0.180. The highest BCUT2D eigenvalue weighted by Crippen LogP contribution is 2.21. The minimum atomic E-state index is -0.433. The van der Waals surface area contributed by atoms with Crippen LogP contribution in [0.3, 0.4) is 0 Å².